The van der Waals surface area contributed by atoms with Gasteiger partial charge in [0.1, 0.15) is 0 Å². The van der Waals surface area contributed by atoms with E-state index in [0.29, 0.717) is 23.5 Å². The first-order chi connectivity index (χ1) is 17.6. The number of hydrogen-bond acceptors (Lipinski definition) is 0. The van der Waals surface area contributed by atoms with E-state index in [1.807, 2.05) is 12.1 Å². The Labute approximate surface area is 220 Å². The summed E-state index contributed by atoms with van der Waals surface area (Å²) in [7, 11) is 0. The molecule has 36 heavy (non-hydrogen) atoms. The normalized spacial score (nSPS) is 31.7. The molecule has 0 nitrogen and oxygen atoms in total. The van der Waals surface area contributed by atoms with Gasteiger partial charge in [0.15, 0.2) is 11.6 Å². The van der Waals surface area contributed by atoms with Crippen LogP contribution < -0.4 is 0 Å². The van der Waals surface area contributed by atoms with E-state index < -0.39 is 11.6 Å². The number of hydrogen-bond donors (Lipinski definition) is 0. The first-order valence-electron chi connectivity index (χ1n) is 15.7. The number of unbranched alkanes of at least 4 members (excludes halogenated alkanes) is 1. The van der Waals surface area contributed by atoms with Crippen LogP contribution in [0.5, 0.6) is 0 Å². The van der Waals surface area contributed by atoms with Crippen LogP contribution in [0.25, 0.3) is 0 Å². The lowest BCUT2D eigenvalue weighted by Gasteiger charge is -2.38. The van der Waals surface area contributed by atoms with E-state index in [9.17, 15) is 4.39 Å². The molecule has 0 spiro atoms. The fourth-order valence-corrected chi connectivity index (χ4v) is 7.77. The maximum Gasteiger partial charge on any atom is 0.162 e. The summed E-state index contributed by atoms with van der Waals surface area (Å²) in [4.78, 5) is 0. The van der Waals surface area contributed by atoms with Crippen molar-refractivity contribution in [2.45, 2.75) is 135 Å². The average Bonchev–Trinajstić information content (AvgIpc) is 2.93. The van der Waals surface area contributed by atoms with Crippen LogP contribution in [-0.4, -0.2) is 0 Å². The summed E-state index contributed by atoms with van der Waals surface area (Å²) in [5.41, 5.74) is 1.19. The van der Waals surface area contributed by atoms with Crippen molar-refractivity contribution in [2.75, 3.05) is 0 Å². The standard InChI is InChI=1S/C34H52F2/c1-3-5-8-26-11-13-27(14-12-26)9-6-7-10-31-23-24-32(34(36)33(31)35)30-21-19-29(20-22-30)28-17-15-25(4-2)16-18-28/h6,9,23-30H,3-5,7-8,10-22H2,1-2H3/b9-6+. The lowest BCUT2D eigenvalue weighted by atomic mass is 9.68. The van der Waals surface area contributed by atoms with Gasteiger partial charge in [0.2, 0.25) is 0 Å². The molecule has 0 unspecified atom stereocenters. The topological polar surface area (TPSA) is 0 Å². The molecular weight excluding hydrogens is 446 g/mol. The van der Waals surface area contributed by atoms with Gasteiger partial charge in [-0.15, -0.1) is 0 Å². The fourth-order valence-electron chi connectivity index (χ4n) is 7.77. The van der Waals surface area contributed by atoms with E-state index >= 15 is 4.39 Å². The van der Waals surface area contributed by atoms with Crippen molar-refractivity contribution in [3.8, 4) is 0 Å². The fraction of sp³-hybridized carbons (Fsp3) is 0.765. The van der Waals surface area contributed by atoms with Crippen molar-refractivity contribution in [2.24, 2.45) is 29.6 Å². The first kappa shape index (κ1) is 27.8. The molecule has 0 heterocycles. The number of aryl methyl sites for hydroxylation is 1. The molecule has 0 saturated heterocycles. The molecule has 3 aliphatic rings. The summed E-state index contributed by atoms with van der Waals surface area (Å²) >= 11 is 0. The molecule has 0 radical (unpaired) electrons. The molecule has 0 amide bonds. The molecule has 0 bridgehead atoms. The van der Waals surface area contributed by atoms with Gasteiger partial charge in [-0.3, -0.25) is 0 Å². The van der Waals surface area contributed by atoms with E-state index in [1.165, 1.54) is 89.9 Å². The third-order valence-corrected chi connectivity index (χ3v) is 10.4. The Morgan fingerprint density at radius 3 is 2.03 bits per heavy atom. The molecule has 4 rings (SSSR count). The highest BCUT2D eigenvalue weighted by Gasteiger charge is 2.32. The lowest BCUT2D eigenvalue weighted by molar-refractivity contribution is 0.158. The van der Waals surface area contributed by atoms with Crippen molar-refractivity contribution in [1.82, 2.24) is 0 Å². The van der Waals surface area contributed by atoms with Gasteiger partial charge >= 0.3 is 0 Å². The predicted molar refractivity (Wildman–Crippen MR) is 149 cm³/mol. The van der Waals surface area contributed by atoms with E-state index in [-0.39, 0.29) is 5.92 Å². The lowest BCUT2D eigenvalue weighted by Crippen LogP contribution is -2.25. The minimum Gasteiger partial charge on any atom is -0.203 e. The van der Waals surface area contributed by atoms with Gasteiger partial charge in [-0.1, -0.05) is 76.7 Å². The second-order valence-corrected chi connectivity index (χ2v) is 12.6. The third-order valence-electron chi connectivity index (χ3n) is 10.4. The molecule has 3 aliphatic carbocycles. The largest absolute Gasteiger partial charge is 0.203 e. The van der Waals surface area contributed by atoms with Crippen molar-refractivity contribution in [1.29, 1.82) is 0 Å². The van der Waals surface area contributed by atoms with Crippen LogP contribution in [0.15, 0.2) is 24.3 Å². The molecule has 0 N–H and O–H groups in total. The summed E-state index contributed by atoms with van der Waals surface area (Å²) in [6.07, 6.45) is 26.7. The smallest absolute Gasteiger partial charge is 0.162 e. The molecule has 0 aromatic heterocycles. The zero-order chi connectivity index (χ0) is 25.3. The van der Waals surface area contributed by atoms with Gasteiger partial charge in [0.25, 0.3) is 0 Å². The van der Waals surface area contributed by atoms with E-state index in [1.54, 1.807) is 0 Å². The molecule has 202 valence electrons. The minimum atomic E-state index is -0.586. The summed E-state index contributed by atoms with van der Waals surface area (Å²) in [5, 5.41) is 0. The van der Waals surface area contributed by atoms with Crippen LogP contribution in [0.2, 0.25) is 0 Å². The van der Waals surface area contributed by atoms with Crippen LogP contribution in [-0.2, 0) is 6.42 Å². The maximum absolute atomic E-state index is 15.1. The Balaban J connectivity index is 1.21. The summed E-state index contributed by atoms with van der Waals surface area (Å²) in [5.74, 6) is 3.30. The second-order valence-electron chi connectivity index (χ2n) is 12.6. The zero-order valence-electron chi connectivity index (χ0n) is 23.3. The van der Waals surface area contributed by atoms with Crippen LogP contribution in [0.3, 0.4) is 0 Å². The average molecular weight is 499 g/mol. The monoisotopic (exact) mass is 498 g/mol. The quantitative estimate of drug-likeness (QED) is 0.281. The molecule has 0 atom stereocenters. The van der Waals surface area contributed by atoms with Gasteiger partial charge < -0.3 is 0 Å². The highest BCUT2D eigenvalue weighted by Crippen LogP contribution is 2.45. The number of rotatable bonds is 10. The maximum atomic E-state index is 15.1. The number of allylic oxidation sites excluding steroid dienone is 2. The van der Waals surface area contributed by atoms with Crippen LogP contribution in [0.4, 0.5) is 8.78 Å². The SMILES string of the molecule is CCCCC1CCC(/C=C/CCc2ccc(C3CCC(C4CCC(CC)CC4)CC3)c(F)c2F)CC1. The molecular formula is C34H52F2. The van der Waals surface area contributed by atoms with Crippen LogP contribution >= 0.6 is 0 Å². The van der Waals surface area contributed by atoms with E-state index in [2.05, 4.69) is 26.0 Å². The molecule has 3 saturated carbocycles. The van der Waals surface area contributed by atoms with E-state index in [4.69, 9.17) is 0 Å². The molecule has 1 aromatic carbocycles. The highest BCUT2D eigenvalue weighted by atomic mass is 19.2. The van der Waals surface area contributed by atoms with Crippen molar-refractivity contribution in [3.05, 3.63) is 47.0 Å². The molecule has 1 aromatic rings. The molecule has 2 heteroatoms. The second kappa shape index (κ2) is 14.1. The Kier molecular flexibility index (Phi) is 10.9. The minimum absolute atomic E-state index is 0.198. The summed E-state index contributed by atoms with van der Waals surface area (Å²) in [6, 6.07) is 3.78. The zero-order valence-corrected chi connectivity index (χ0v) is 23.3. The predicted octanol–water partition coefficient (Wildman–Crippen LogP) is 10.9. The summed E-state index contributed by atoms with van der Waals surface area (Å²) < 4.78 is 30.1. The number of benzene rings is 1. The Bertz CT molecular complexity index is 803. The van der Waals surface area contributed by atoms with Gasteiger partial charge in [-0.25, -0.2) is 8.78 Å². The molecule has 0 aliphatic heterocycles. The van der Waals surface area contributed by atoms with Crippen molar-refractivity contribution >= 4 is 0 Å². The first-order valence-corrected chi connectivity index (χ1v) is 15.7. The molecule has 3 fully saturated rings. The van der Waals surface area contributed by atoms with Crippen LogP contribution in [0, 0.1) is 41.2 Å². The Morgan fingerprint density at radius 1 is 0.750 bits per heavy atom. The van der Waals surface area contributed by atoms with Crippen molar-refractivity contribution in [3.63, 3.8) is 0 Å². The van der Waals surface area contributed by atoms with Crippen molar-refractivity contribution < 1.29 is 8.78 Å². The Hall–Kier alpha value is -1.18. The van der Waals surface area contributed by atoms with Gasteiger partial charge in [0, 0.05) is 0 Å². The number of halogens is 2. The summed E-state index contributed by atoms with van der Waals surface area (Å²) in [6.45, 7) is 4.60. The van der Waals surface area contributed by atoms with Gasteiger partial charge in [-0.2, -0.15) is 0 Å². The van der Waals surface area contributed by atoms with E-state index in [0.717, 1.165) is 42.9 Å². The van der Waals surface area contributed by atoms with Gasteiger partial charge in [0.05, 0.1) is 0 Å². The van der Waals surface area contributed by atoms with Gasteiger partial charge in [-0.05, 0) is 124 Å². The third kappa shape index (κ3) is 7.44. The Morgan fingerprint density at radius 2 is 1.39 bits per heavy atom. The van der Waals surface area contributed by atoms with Crippen LogP contribution in [0.1, 0.15) is 140 Å². The highest BCUT2D eigenvalue weighted by molar-refractivity contribution is 5.30.